The molecule has 0 saturated carbocycles. The predicted molar refractivity (Wildman–Crippen MR) is 108 cm³/mol. The fourth-order valence-electron chi connectivity index (χ4n) is 3.20. The Labute approximate surface area is 161 Å². The molecule has 1 amide bonds. The molecule has 0 N–H and O–H groups in total. The number of hydrogen-bond donors (Lipinski definition) is 0. The maximum absolute atomic E-state index is 12.9. The molecule has 1 aliphatic heterocycles. The molecule has 0 bridgehead atoms. The van der Waals surface area contributed by atoms with Crippen LogP contribution < -0.4 is 0 Å². The van der Waals surface area contributed by atoms with Gasteiger partial charge in [0.05, 0.1) is 5.69 Å². The van der Waals surface area contributed by atoms with Crippen LogP contribution in [0.1, 0.15) is 20.9 Å². The number of nitrogens with zero attached hydrogens (tertiary/aromatic N) is 3. The number of thiazole rings is 1. The molecular formula is C20H21N3OS2. The molecule has 0 atom stereocenters. The molecule has 0 aliphatic carbocycles. The number of hydrogen-bond acceptors (Lipinski definition) is 5. The van der Waals surface area contributed by atoms with Crippen molar-refractivity contribution in [1.82, 2.24) is 14.8 Å². The number of amides is 1. The van der Waals surface area contributed by atoms with Crippen molar-refractivity contribution in [1.29, 1.82) is 0 Å². The molecule has 3 heterocycles. The van der Waals surface area contributed by atoms with E-state index in [0.29, 0.717) is 0 Å². The summed E-state index contributed by atoms with van der Waals surface area (Å²) in [5.41, 5.74) is 3.27. The van der Waals surface area contributed by atoms with Crippen molar-refractivity contribution in [2.24, 2.45) is 0 Å². The number of piperazine rings is 1. The number of thiophene rings is 1. The highest BCUT2D eigenvalue weighted by Crippen LogP contribution is 2.30. The fraction of sp³-hybridized carbons (Fsp3) is 0.300. The maximum atomic E-state index is 12.9. The summed E-state index contributed by atoms with van der Waals surface area (Å²) in [5.74, 6) is 0.126. The largest absolute Gasteiger partial charge is 0.335 e. The van der Waals surface area contributed by atoms with Crippen LogP contribution in [-0.4, -0.2) is 46.9 Å². The third-order valence-electron chi connectivity index (χ3n) is 4.67. The molecule has 4 nitrogen and oxygen atoms in total. The Morgan fingerprint density at radius 3 is 2.58 bits per heavy atom. The molecule has 0 unspecified atom stereocenters. The standard InChI is InChI=1S/C20H21N3OS2/c1-15-18(26-19(21-15)17-7-12-25-14-17)20(24)23-10-8-22(9-11-23)13-16-5-3-2-4-6-16/h2-7,12,14H,8-11,13H2,1H3. The molecule has 0 spiro atoms. The van der Waals surface area contributed by atoms with Gasteiger partial charge in [-0.15, -0.1) is 11.3 Å². The summed E-state index contributed by atoms with van der Waals surface area (Å²) in [4.78, 5) is 22.7. The van der Waals surface area contributed by atoms with Gasteiger partial charge in [0.1, 0.15) is 9.88 Å². The average molecular weight is 384 g/mol. The lowest BCUT2D eigenvalue weighted by molar-refractivity contribution is 0.0632. The second-order valence-electron chi connectivity index (χ2n) is 6.50. The Morgan fingerprint density at radius 1 is 1.12 bits per heavy atom. The lowest BCUT2D eigenvalue weighted by atomic mass is 10.2. The summed E-state index contributed by atoms with van der Waals surface area (Å²) in [5, 5.41) is 5.06. The minimum Gasteiger partial charge on any atom is -0.335 e. The van der Waals surface area contributed by atoms with Crippen molar-refractivity contribution in [3.63, 3.8) is 0 Å². The molecule has 134 valence electrons. The van der Waals surface area contributed by atoms with E-state index in [1.807, 2.05) is 23.3 Å². The van der Waals surface area contributed by atoms with Crippen molar-refractivity contribution in [3.05, 3.63) is 63.3 Å². The quantitative estimate of drug-likeness (QED) is 0.679. The van der Waals surface area contributed by atoms with Crippen LogP contribution in [0.2, 0.25) is 0 Å². The van der Waals surface area contributed by atoms with Crippen molar-refractivity contribution in [3.8, 4) is 10.6 Å². The highest BCUT2D eigenvalue weighted by molar-refractivity contribution is 7.17. The minimum absolute atomic E-state index is 0.126. The van der Waals surface area contributed by atoms with Crippen LogP contribution in [0.25, 0.3) is 10.6 Å². The number of aromatic nitrogens is 1. The van der Waals surface area contributed by atoms with Crippen LogP contribution in [0, 0.1) is 6.92 Å². The zero-order valence-electron chi connectivity index (χ0n) is 14.7. The zero-order chi connectivity index (χ0) is 17.9. The summed E-state index contributed by atoms with van der Waals surface area (Å²) >= 11 is 3.17. The van der Waals surface area contributed by atoms with Crippen LogP contribution in [0.4, 0.5) is 0 Å². The van der Waals surface area contributed by atoms with Crippen LogP contribution in [0.5, 0.6) is 0 Å². The third-order valence-corrected chi connectivity index (χ3v) is 6.55. The SMILES string of the molecule is Cc1nc(-c2ccsc2)sc1C(=O)N1CCN(Cc2ccccc2)CC1. The van der Waals surface area contributed by atoms with Gasteiger partial charge in [-0.1, -0.05) is 30.3 Å². The smallest absolute Gasteiger partial charge is 0.265 e. The van der Waals surface area contributed by atoms with Crippen LogP contribution in [-0.2, 0) is 6.54 Å². The van der Waals surface area contributed by atoms with E-state index < -0.39 is 0 Å². The van der Waals surface area contributed by atoms with Gasteiger partial charge < -0.3 is 4.90 Å². The molecule has 3 aromatic rings. The molecule has 0 radical (unpaired) electrons. The predicted octanol–water partition coefficient (Wildman–Crippen LogP) is 4.14. The summed E-state index contributed by atoms with van der Waals surface area (Å²) in [6.45, 7) is 6.26. The normalized spacial score (nSPS) is 15.3. The van der Waals surface area contributed by atoms with E-state index in [1.54, 1.807) is 11.3 Å². The van der Waals surface area contributed by atoms with Crippen LogP contribution in [0.15, 0.2) is 47.2 Å². The Hall–Kier alpha value is -2.02. The number of carbonyl (C=O) groups excluding carboxylic acids is 1. The zero-order valence-corrected chi connectivity index (χ0v) is 16.4. The van der Waals surface area contributed by atoms with Gasteiger partial charge in [0.2, 0.25) is 0 Å². The molecule has 2 aromatic heterocycles. The minimum atomic E-state index is 0.126. The van der Waals surface area contributed by atoms with E-state index in [4.69, 9.17) is 0 Å². The van der Waals surface area contributed by atoms with Gasteiger partial charge in [-0.25, -0.2) is 4.98 Å². The Bertz CT molecular complexity index is 866. The first-order valence-electron chi connectivity index (χ1n) is 8.76. The molecule has 1 fully saturated rings. The lowest BCUT2D eigenvalue weighted by Crippen LogP contribution is -2.48. The molecule has 4 rings (SSSR count). The number of aryl methyl sites for hydroxylation is 1. The first-order valence-corrected chi connectivity index (χ1v) is 10.5. The van der Waals surface area contributed by atoms with Gasteiger partial charge in [-0.3, -0.25) is 9.69 Å². The highest BCUT2D eigenvalue weighted by Gasteiger charge is 2.25. The number of carbonyl (C=O) groups is 1. The summed E-state index contributed by atoms with van der Waals surface area (Å²) in [6.07, 6.45) is 0. The van der Waals surface area contributed by atoms with E-state index in [2.05, 4.69) is 45.6 Å². The Morgan fingerprint density at radius 2 is 1.88 bits per heavy atom. The van der Waals surface area contributed by atoms with Gasteiger partial charge in [0.15, 0.2) is 0 Å². The van der Waals surface area contributed by atoms with Crippen molar-refractivity contribution < 1.29 is 4.79 Å². The van der Waals surface area contributed by atoms with Crippen molar-refractivity contribution in [2.45, 2.75) is 13.5 Å². The van der Waals surface area contributed by atoms with E-state index in [0.717, 1.165) is 53.9 Å². The summed E-state index contributed by atoms with van der Waals surface area (Å²) in [6, 6.07) is 12.6. The van der Waals surface area contributed by atoms with E-state index in [1.165, 1.54) is 16.9 Å². The Balaban J connectivity index is 1.39. The van der Waals surface area contributed by atoms with Crippen LogP contribution in [0.3, 0.4) is 0 Å². The second-order valence-corrected chi connectivity index (χ2v) is 8.28. The first-order chi connectivity index (χ1) is 12.7. The molecular weight excluding hydrogens is 362 g/mol. The highest BCUT2D eigenvalue weighted by atomic mass is 32.1. The van der Waals surface area contributed by atoms with Crippen molar-refractivity contribution >= 4 is 28.6 Å². The topological polar surface area (TPSA) is 36.4 Å². The molecule has 1 aliphatic rings. The van der Waals surface area contributed by atoms with Gasteiger partial charge in [-0.2, -0.15) is 11.3 Å². The van der Waals surface area contributed by atoms with Gasteiger partial charge >= 0.3 is 0 Å². The first kappa shape index (κ1) is 17.4. The monoisotopic (exact) mass is 383 g/mol. The molecule has 1 saturated heterocycles. The summed E-state index contributed by atoms with van der Waals surface area (Å²) in [7, 11) is 0. The number of benzene rings is 1. The van der Waals surface area contributed by atoms with E-state index in [9.17, 15) is 4.79 Å². The summed E-state index contributed by atoms with van der Waals surface area (Å²) < 4.78 is 0. The van der Waals surface area contributed by atoms with Gasteiger partial charge in [0.25, 0.3) is 5.91 Å². The molecule has 1 aromatic carbocycles. The number of rotatable bonds is 4. The van der Waals surface area contributed by atoms with E-state index >= 15 is 0 Å². The lowest BCUT2D eigenvalue weighted by Gasteiger charge is -2.34. The van der Waals surface area contributed by atoms with Gasteiger partial charge in [-0.05, 0) is 23.9 Å². The van der Waals surface area contributed by atoms with E-state index in [-0.39, 0.29) is 5.91 Å². The van der Waals surface area contributed by atoms with Crippen molar-refractivity contribution in [2.75, 3.05) is 26.2 Å². The van der Waals surface area contributed by atoms with Gasteiger partial charge in [0, 0.05) is 43.7 Å². The van der Waals surface area contributed by atoms with Crippen LogP contribution >= 0.6 is 22.7 Å². The molecule has 26 heavy (non-hydrogen) atoms. The second kappa shape index (κ2) is 7.70. The fourth-order valence-corrected chi connectivity index (χ4v) is 4.94. The average Bonchev–Trinajstić information content (AvgIpc) is 3.32. The maximum Gasteiger partial charge on any atom is 0.265 e. The Kier molecular flexibility index (Phi) is 5.15. The molecule has 6 heteroatoms. The third kappa shape index (κ3) is 3.72.